The first-order valence-electron chi connectivity index (χ1n) is 4.24. The summed E-state index contributed by atoms with van der Waals surface area (Å²) in [6.07, 6.45) is 0.674. The normalized spacial score (nSPS) is 10.4. The van der Waals surface area contributed by atoms with E-state index in [1.165, 1.54) is 0 Å². The van der Waals surface area contributed by atoms with Crippen molar-refractivity contribution in [2.45, 2.75) is 6.42 Å². The largest absolute Gasteiger partial charge is 0.492 e. The fourth-order valence-electron chi connectivity index (χ4n) is 0.939. The van der Waals surface area contributed by atoms with E-state index in [0.29, 0.717) is 40.5 Å². The van der Waals surface area contributed by atoms with Crippen molar-refractivity contribution in [1.82, 2.24) is 0 Å². The zero-order chi connectivity index (χ0) is 11.3. The number of benzene rings is 1. The molecule has 0 aromatic heterocycles. The van der Waals surface area contributed by atoms with Gasteiger partial charge in [-0.3, -0.25) is 0 Å². The van der Waals surface area contributed by atoms with E-state index in [1.807, 2.05) is 0 Å². The molecule has 0 spiro atoms. The molecule has 0 atom stereocenters. The second-order valence-electron chi connectivity index (χ2n) is 2.77. The average molecular weight is 271 g/mol. The van der Waals surface area contributed by atoms with Crippen LogP contribution in [0.3, 0.4) is 0 Å². The third-order valence-electron chi connectivity index (χ3n) is 1.64. The van der Waals surface area contributed by atoms with E-state index in [0.717, 1.165) is 0 Å². The van der Waals surface area contributed by atoms with Crippen LogP contribution in [-0.4, -0.2) is 13.2 Å². The number of rotatable bonds is 5. The molecule has 0 heterocycles. The van der Waals surface area contributed by atoms with Gasteiger partial charge in [0.1, 0.15) is 5.75 Å². The first-order valence-corrected chi connectivity index (χ1v) is 5.37. The van der Waals surface area contributed by atoms with Gasteiger partial charge in [0, 0.05) is 12.5 Å². The topological polar surface area (TPSA) is 44.5 Å². The van der Waals surface area contributed by atoms with Crippen LogP contribution < -0.4 is 10.6 Å². The minimum atomic E-state index is 0.402. The second-order valence-corrected chi connectivity index (χ2v) is 3.99. The van der Waals surface area contributed by atoms with Crippen LogP contribution in [0.25, 0.3) is 0 Å². The molecule has 84 valence electrons. The van der Waals surface area contributed by atoms with Crippen molar-refractivity contribution < 1.29 is 9.57 Å². The van der Waals surface area contributed by atoms with Gasteiger partial charge in [0.05, 0.1) is 28.3 Å². The molecule has 3 nitrogen and oxygen atoms in total. The summed E-state index contributed by atoms with van der Waals surface area (Å²) in [5.41, 5.74) is 0. The van der Waals surface area contributed by atoms with E-state index in [2.05, 4.69) is 4.84 Å². The summed E-state index contributed by atoms with van der Waals surface area (Å²) in [5.74, 6) is 5.36. The standard InChI is InChI=1S/C9H10Cl3NO2/c10-6-4-8(12)9(5-7(6)11)14-2-1-3-15-13/h4-5H,1-3,13H2. The van der Waals surface area contributed by atoms with E-state index < -0.39 is 0 Å². The Morgan fingerprint density at radius 1 is 1.00 bits per heavy atom. The molecule has 1 aromatic carbocycles. The molecule has 15 heavy (non-hydrogen) atoms. The number of hydrogen-bond donors (Lipinski definition) is 1. The quantitative estimate of drug-likeness (QED) is 0.507. The predicted octanol–water partition coefficient (Wildman–Crippen LogP) is 3.31. The van der Waals surface area contributed by atoms with Crippen LogP contribution in [0.4, 0.5) is 0 Å². The average Bonchev–Trinajstić information content (AvgIpc) is 2.20. The zero-order valence-electron chi connectivity index (χ0n) is 7.80. The molecule has 0 aliphatic carbocycles. The highest BCUT2D eigenvalue weighted by molar-refractivity contribution is 6.43. The molecule has 0 radical (unpaired) electrons. The maximum absolute atomic E-state index is 5.89. The predicted molar refractivity (Wildman–Crippen MR) is 61.7 cm³/mol. The van der Waals surface area contributed by atoms with Crippen molar-refractivity contribution in [2.75, 3.05) is 13.2 Å². The van der Waals surface area contributed by atoms with Gasteiger partial charge in [-0.15, -0.1) is 0 Å². The Morgan fingerprint density at radius 2 is 1.67 bits per heavy atom. The molecule has 0 aliphatic rings. The lowest BCUT2D eigenvalue weighted by molar-refractivity contribution is 0.122. The Hall–Kier alpha value is -0.190. The summed E-state index contributed by atoms with van der Waals surface area (Å²) in [5, 5.41) is 1.24. The fraction of sp³-hybridized carbons (Fsp3) is 0.333. The summed E-state index contributed by atoms with van der Waals surface area (Å²) >= 11 is 17.5. The first-order chi connectivity index (χ1) is 7.15. The van der Waals surface area contributed by atoms with Crippen LogP contribution in [0.15, 0.2) is 12.1 Å². The maximum atomic E-state index is 5.89. The molecule has 0 unspecified atom stereocenters. The van der Waals surface area contributed by atoms with Gasteiger partial charge >= 0.3 is 0 Å². The van der Waals surface area contributed by atoms with E-state index in [-0.39, 0.29) is 0 Å². The van der Waals surface area contributed by atoms with E-state index in [1.54, 1.807) is 12.1 Å². The minimum Gasteiger partial charge on any atom is -0.492 e. The lowest BCUT2D eigenvalue weighted by atomic mass is 10.3. The molecule has 0 amide bonds. The van der Waals surface area contributed by atoms with Crippen LogP contribution in [0, 0.1) is 0 Å². The molecule has 1 rings (SSSR count). The van der Waals surface area contributed by atoms with Crippen LogP contribution in [0.5, 0.6) is 5.75 Å². The van der Waals surface area contributed by atoms with Gasteiger partial charge in [-0.05, 0) is 6.07 Å². The van der Waals surface area contributed by atoms with Crippen molar-refractivity contribution in [3.05, 3.63) is 27.2 Å². The van der Waals surface area contributed by atoms with E-state index in [4.69, 9.17) is 45.4 Å². The van der Waals surface area contributed by atoms with Gasteiger partial charge in [0.2, 0.25) is 0 Å². The number of nitrogens with two attached hydrogens (primary N) is 1. The highest BCUT2D eigenvalue weighted by Crippen LogP contribution is 2.33. The van der Waals surface area contributed by atoms with Gasteiger partial charge in [-0.2, -0.15) is 0 Å². The summed E-state index contributed by atoms with van der Waals surface area (Å²) in [7, 11) is 0. The van der Waals surface area contributed by atoms with Crippen molar-refractivity contribution in [2.24, 2.45) is 5.90 Å². The van der Waals surface area contributed by atoms with Crippen LogP contribution in [0.2, 0.25) is 15.1 Å². The van der Waals surface area contributed by atoms with Gasteiger partial charge in [-0.1, -0.05) is 34.8 Å². The molecule has 6 heteroatoms. The highest BCUT2D eigenvalue weighted by atomic mass is 35.5. The van der Waals surface area contributed by atoms with Gasteiger partial charge < -0.3 is 9.57 Å². The second kappa shape index (κ2) is 6.40. The molecular weight excluding hydrogens is 260 g/mol. The smallest absolute Gasteiger partial charge is 0.139 e. The zero-order valence-corrected chi connectivity index (χ0v) is 10.1. The van der Waals surface area contributed by atoms with Crippen molar-refractivity contribution in [1.29, 1.82) is 0 Å². The monoisotopic (exact) mass is 269 g/mol. The van der Waals surface area contributed by atoms with Gasteiger partial charge in [-0.25, -0.2) is 5.90 Å². The molecule has 0 saturated carbocycles. The maximum Gasteiger partial charge on any atom is 0.139 e. The van der Waals surface area contributed by atoms with E-state index in [9.17, 15) is 0 Å². The van der Waals surface area contributed by atoms with E-state index >= 15 is 0 Å². The number of hydrogen-bond acceptors (Lipinski definition) is 3. The van der Waals surface area contributed by atoms with Gasteiger partial charge in [0.15, 0.2) is 0 Å². The summed E-state index contributed by atoms with van der Waals surface area (Å²) in [4.78, 5) is 4.39. The molecule has 0 saturated heterocycles. The third-order valence-corrected chi connectivity index (χ3v) is 2.66. The van der Waals surface area contributed by atoms with Crippen LogP contribution >= 0.6 is 34.8 Å². The first kappa shape index (κ1) is 12.9. The Labute approximate surface area is 103 Å². The Balaban J connectivity index is 2.57. The van der Waals surface area contributed by atoms with Crippen molar-refractivity contribution in [3.63, 3.8) is 0 Å². The van der Waals surface area contributed by atoms with Crippen molar-refractivity contribution >= 4 is 34.8 Å². The Morgan fingerprint density at radius 3 is 2.33 bits per heavy atom. The molecular formula is C9H10Cl3NO2. The van der Waals surface area contributed by atoms with Crippen LogP contribution in [-0.2, 0) is 4.84 Å². The van der Waals surface area contributed by atoms with Crippen molar-refractivity contribution in [3.8, 4) is 5.75 Å². The highest BCUT2D eigenvalue weighted by Gasteiger charge is 2.06. The van der Waals surface area contributed by atoms with Gasteiger partial charge in [0.25, 0.3) is 0 Å². The lowest BCUT2D eigenvalue weighted by Gasteiger charge is -2.08. The molecule has 0 aliphatic heterocycles. The minimum absolute atomic E-state index is 0.402. The number of halogens is 3. The Bertz CT molecular complexity index is 333. The summed E-state index contributed by atoms with van der Waals surface area (Å²) in [6, 6.07) is 3.12. The molecule has 1 aromatic rings. The SMILES string of the molecule is NOCCCOc1cc(Cl)c(Cl)cc1Cl. The fourth-order valence-corrected chi connectivity index (χ4v) is 1.53. The number of ether oxygens (including phenoxy) is 1. The van der Waals surface area contributed by atoms with Crippen LogP contribution in [0.1, 0.15) is 6.42 Å². The summed E-state index contributed by atoms with van der Waals surface area (Å²) < 4.78 is 5.36. The molecule has 0 bridgehead atoms. The molecule has 0 fully saturated rings. The summed E-state index contributed by atoms with van der Waals surface area (Å²) in [6.45, 7) is 0.883. The third kappa shape index (κ3) is 4.05. The molecule has 2 N–H and O–H groups in total. The lowest BCUT2D eigenvalue weighted by Crippen LogP contribution is -2.06. The Kier molecular flexibility index (Phi) is 5.50.